The van der Waals surface area contributed by atoms with Gasteiger partial charge in [0.1, 0.15) is 23.4 Å². The SMILES string of the molecule is COc1ccc(N2C(=O)C(=O)/C(=C(\O)c3ccc(F)c(C)c3)C2c2ccccn2)cc1. The highest BCUT2D eigenvalue weighted by Crippen LogP contribution is 2.41. The van der Waals surface area contributed by atoms with Gasteiger partial charge in [-0.25, -0.2) is 4.39 Å². The summed E-state index contributed by atoms with van der Waals surface area (Å²) in [4.78, 5) is 31.7. The summed E-state index contributed by atoms with van der Waals surface area (Å²) in [6.07, 6.45) is 1.55. The summed E-state index contributed by atoms with van der Waals surface area (Å²) in [5, 5.41) is 11.0. The van der Waals surface area contributed by atoms with Crippen LogP contribution in [0, 0.1) is 12.7 Å². The molecule has 0 spiro atoms. The van der Waals surface area contributed by atoms with E-state index in [4.69, 9.17) is 4.74 Å². The second-order valence-electron chi connectivity index (χ2n) is 7.09. The number of pyridine rings is 1. The van der Waals surface area contributed by atoms with E-state index in [0.717, 1.165) is 0 Å². The van der Waals surface area contributed by atoms with Crippen LogP contribution in [0.4, 0.5) is 10.1 Å². The van der Waals surface area contributed by atoms with Gasteiger partial charge in [-0.2, -0.15) is 0 Å². The number of ether oxygens (including phenoxy) is 1. The van der Waals surface area contributed by atoms with Crippen LogP contribution in [0.1, 0.15) is 22.9 Å². The number of rotatable bonds is 4. The summed E-state index contributed by atoms with van der Waals surface area (Å²) < 4.78 is 18.9. The van der Waals surface area contributed by atoms with Crippen molar-refractivity contribution in [3.8, 4) is 5.75 Å². The lowest BCUT2D eigenvalue weighted by atomic mass is 9.97. The molecule has 1 aromatic heterocycles. The van der Waals surface area contributed by atoms with Gasteiger partial charge in [0.15, 0.2) is 0 Å². The van der Waals surface area contributed by atoms with Crippen molar-refractivity contribution in [2.75, 3.05) is 12.0 Å². The number of anilines is 1. The van der Waals surface area contributed by atoms with Crippen LogP contribution >= 0.6 is 0 Å². The molecule has 1 unspecified atom stereocenters. The van der Waals surface area contributed by atoms with Crippen molar-refractivity contribution in [3.05, 3.63) is 95.1 Å². The van der Waals surface area contributed by atoms with Crippen molar-refractivity contribution in [2.24, 2.45) is 0 Å². The Kier molecular flexibility index (Phi) is 5.25. The van der Waals surface area contributed by atoms with Gasteiger partial charge in [-0.15, -0.1) is 0 Å². The van der Waals surface area contributed by atoms with E-state index < -0.39 is 23.5 Å². The predicted octanol–water partition coefficient (Wildman–Crippen LogP) is 4.16. The number of hydrogen-bond acceptors (Lipinski definition) is 5. The van der Waals surface area contributed by atoms with E-state index in [1.807, 2.05) is 0 Å². The molecule has 3 aromatic rings. The number of aromatic nitrogens is 1. The topological polar surface area (TPSA) is 79.7 Å². The van der Waals surface area contributed by atoms with Crippen molar-refractivity contribution in [3.63, 3.8) is 0 Å². The lowest BCUT2D eigenvalue weighted by molar-refractivity contribution is -0.132. The number of Topliss-reactive ketones (excluding diaryl/α,β-unsaturated/α-hetero) is 1. The molecule has 4 rings (SSSR count). The highest BCUT2D eigenvalue weighted by Gasteiger charge is 2.47. The maximum atomic E-state index is 13.7. The number of amides is 1. The second kappa shape index (κ2) is 8.02. The van der Waals surface area contributed by atoms with Crippen LogP contribution in [0.5, 0.6) is 5.75 Å². The number of aliphatic hydroxyl groups is 1. The van der Waals surface area contributed by atoms with Crippen LogP contribution < -0.4 is 9.64 Å². The van der Waals surface area contributed by atoms with Gasteiger partial charge in [0.2, 0.25) is 0 Å². The molecule has 7 heteroatoms. The second-order valence-corrected chi connectivity index (χ2v) is 7.09. The summed E-state index contributed by atoms with van der Waals surface area (Å²) >= 11 is 0. The molecule has 0 aliphatic carbocycles. The van der Waals surface area contributed by atoms with Gasteiger partial charge in [0.05, 0.1) is 18.4 Å². The van der Waals surface area contributed by atoms with Gasteiger partial charge in [0, 0.05) is 17.4 Å². The average molecular weight is 418 g/mol. The van der Waals surface area contributed by atoms with Gasteiger partial charge in [-0.3, -0.25) is 19.5 Å². The van der Waals surface area contributed by atoms with Gasteiger partial charge < -0.3 is 9.84 Å². The lowest BCUT2D eigenvalue weighted by Crippen LogP contribution is -2.29. The first-order chi connectivity index (χ1) is 14.9. The Hall–Kier alpha value is -4.00. The van der Waals surface area contributed by atoms with E-state index in [1.165, 1.54) is 30.2 Å². The first-order valence-electron chi connectivity index (χ1n) is 9.55. The summed E-state index contributed by atoms with van der Waals surface area (Å²) in [5.74, 6) is -1.85. The van der Waals surface area contributed by atoms with E-state index >= 15 is 0 Å². The smallest absolute Gasteiger partial charge is 0.300 e. The Morgan fingerprint density at radius 2 is 1.84 bits per heavy atom. The first-order valence-corrected chi connectivity index (χ1v) is 9.55. The van der Waals surface area contributed by atoms with Crippen LogP contribution in [-0.2, 0) is 9.59 Å². The van der Waals surface area contributed by atoms with E-state index in [0.29, 0.717) is 22.7 Å². The van der Waals surface area contributed by atoms with Gasteiger partial charge >= 0.3 is 0 Å². The summed E-state index contributed by atoms with van der Waals surface area (Å²) in [6.45, 7) is 1.55. The molecule has 0 bridgehead atoms. The monoisotopic (exact) mass is 418 g/mol. The molecule has 1 aliphatic heterocycles. The van der Waals surface area contributed by atoms with Crippen molar-refractivity contribution in [1.82, 2.24) is 4.98 Å². The number of nitrogens with zero attached hydrogens (tertiary/aromatic N) is 2. The molecule has 2 aromatic carbocycles. The molecule has 2 heterocycles. The number of halogens is 1. The van der Waals surface area contributed by atoms with Crippen LogP contribution in [0.3, 0.4) is 0 Å². The Bertz CT molecular complexity index is 1190. The largest absolute Gasteiger partial charge is 0.507 e. The normalized spacial score (nSPS) is 17.8. The highest BCUT2D eigenvalue weighted by molar-refractivity contribution is 6.51. The van der Waals surface area contributed by atoms with E-state index in [9.17, 15) is 19.1 Å². The average Bonchev–Trinajstić information content (AvgIpc) is 3.06. The first kappa shape index (κ1) is 20.3. The Morgan fingerprint density at radius 1 is 1.10 bits per heavy atom. The molecule has 6 nitrogen and oxygen atoms in total. The fourth-order valence-corrected chi connectivity index (χ4v) is 3.61. The molecule has 31 heavy (non-hydrogen) atoms. The zero-order valence-electron chi connectivity index (χ0n) is 16.9. The number of carbonyl (C=O) groups excluding carboxylic acids is 2. The third kappa shape index (κ3) is 3.54. The number of carbonyl (C=O) groups is 2. The molecule has 1 aliphatic rings. The van der Waals surface area contributed by atoms with Crippen molar-refractivity contribution < 1.29 is 23.8 Å². The molecular weight excluding hydrogens is 399 g/mol. The predicted molar refractivity (Wildman–Crippen MR) is 113 cm³/mol. The summed E-state index contributed by atoms with van der Waals surface area (Å²) in [5.41, 5.74) is 1.31. The van der Waals surface area contributed by atoms with E-state index in [1.54, 1.807) is 55.6 Å². The summed E-state index contributed by atoms with van der Waals surface area (Å²) in [6, 6.07) is 14.8. The quantitative estimate of drug-likeness (QED) is 0.391. The van der Waals surface area contributed by atoms with Gasteiger partial charge in [-0.05, 0) is 67.1 Å². The van der Waals surface area contributed by atoms with Crippen LogP contribution in [0.2, 0.25) is 0 Å². The number of hydrogen-bond donors (Lipinski definition) is 1. The number of benzene rings is 2. The third-order valence-electron chi connectivity index (χ3n) is 5.19. The highest BCUT2D eigenvalue weighted by atomic mass is 19.1. The number of methoxy groups -OCH3 is 1. The minimum Gasteiger partial charge on any atom is -0.507 e. The van der Waals surface area contributed by atoms with Crippen LogP contribution in [0.15, 0.2) is 72.4 Å². The number of aryl methyl sites for hydroxylation is 1. The van der Waals surface area contributed by atoms with Crippen LogP contribution in [-0.4, -0.2) is 28.9 Å². The fourth-order valence-electron chi connectivity index (χ4n) is 3.61. The minimum absolute atomic E-state index is 0.106. The Labute approximate surface area is 178 Å². The molecular formula is C24H19FN2O4. The molecule has 1 N–H and O–H groups in total. The zero-order chi connectivity index (χ0) is 22.1. The van der Waals surface area contributed by atoms with Crippen molar-refractivity contribution in [2.45, 2.75) is 13.0 Å². The zero-order valence-corrected chi connectivity index (χ0v) is 16.9. The molecule has 1 saturated heterocycles. The van der Waals surface area contributed by atoms with Crippen molar-refractivity contribution in [1.29, 1.82) is 0 Å². The number of ketones is 1. The maximum absolute atomic E-state index is 13.7. The summed E-state index contributed by atoms with van der Waals surface area (Å²) in [7, 11) is 1.53. The van der Waals surface area contributed by atoms with Crippen molar-refractivity contribution >= 4 is 23.1 Å². The Balaban J connectivity index is 1.92. The van der Waals surface area contributed by atoms with Crippen LogP contribution in [0.25, 0.3) is 5.76 Å². The lowest BCUT2D eigenvalue weighted by Gasteiger charge is -2.24. The molecule has 0 radical (unpaired) electrons. The molecule has 1 amide bonds. The Morgan fingerprint density at radius 3 is 2.45 bits per heavy atom. The minimum atomic E-state index is -0.944. The van der Waals surface area contributed by atoms with Gasteiger partial charge in [0.25, 0.3) is 11.7 Å². The standard InChI is InChI=1S/C24H19FN2O4/c1-14-13-15(6-11-18(14)25)22(28)20-21(19-5-3-4-12-26-19)27(24(30)23(20)29)16-7-9-17(31-2)10-8-16/h3-13,21,28H,1-2H3/b22-20-. The molecule has 0 saturated carbocycles. The van der Waals surface area contributed by atoms with Gasteiger partial charge in [-0.1, -0.05) is 6.07 Å². The fraction of sp³-hybridized carbons (Fsp3) is 0.125. The third-order valence-corrected chi connectivity index (χ3v) is 5.19. The molecule has 156 valence electrons. The maximum Gasteiger partial charge on any atom is 0.300 e. The van der Waals surface area contributed by atoms with E-state index in [-0.39, 0.29) is 16.9 Å². The molecule has 1 atom stereocenters. The van der Waals surface area contributed by atoms with E-state index in [2.05, 4.69) is 4.98 Å². The molecule has 1 fully saturated rings. The number of aliphatic hydroxyl groups excluding tert-OH is 1.